The monoisotopic (exact) mass is 339 g/mol. The number of para-hydroxylation sites is 1. The van der Waals surface area contributed by atoms with E-state index in [-0.39, 0.29) is 11.8 Å². The molecule has 0 aliphatic heterocycles. The summed E-state index contributed by atoms with van der Waals surface area (Å²) in [4.78, 5) is 12.7. The van der Waals surface area contributed by atoms with Gasteiger partial charge in [-0.15, -0.1) is 5.10 Å². The first-order chi connectivity index (χ1) is 11.6. The normalized spacial score (nSPS) is 15.5. The van der Waals surface area contributed by atoms with E-state index in [2.05, 4.69) is 20.8 Å². The number of benzene rings is 2. The van der Waals surface area contributed by atoms with E-state index in [1.165, 1.54) is 5.56 Å². The van der Waals surface area contributed by atoms with E-state index in [0.29, 0.717) is 16.5 Å². The van der Waals surface area contributed by atoms with Gasteiger partial charge in [0.15, 0.2) is 5.82 Å². The highest BCUT2D eigenvalue weighted by molar-refractivity contribution is 6.30. The Labute approximate surface area is 143 Å². The summed E-state index contributed by atoms with van der Waals surface area (Å²) in [5, 5.41) is 15.2. The lowest BCUT2D eigenvalue weighted by Gasteiger charge is -2.29. The van der Waals surface area contributed by atoms with Gasteiger partial charge in [0.2, 0.25) is 5.91 Å². The van der Waals surface area contributed by atoms with E-state index >= 15 is 0 Å². The number of hydrogen-bond donors (Lipinski definition) is 1. The minimum Gasteiger partial charge on any atom is -0.325 e. The number of halogens is 1. The molecule has 120 valence electrons. The number of amides is 1. The topological polar surface area (TPSA) is 72.7 Å². The van der Waals surface area contributed by atoms with Crippen LogP contribution in [0.2, 0.25) is 5.02 Å². The summed E-state index contributed by atoms with van der Waals surface area (Å²) >= 11 is 6.03. The zero-order chi connectivity index (χ0) is 16.7. The molecule has 0 bridgehead atoms. The first-order valence-corrected chi connectivity index (χ1v) is 7.92. The van der Waals surface area contributed by atoms with Gasteiger partial charge in [-0.05, 0) is 52.2 Å². The molecule has 1 aliphatic carbocycles. The fourth-order valence-corrected chi connectivity index (χ4v) is 3.15. The number of nitrogens with one attached hydrogen (secondary N) is 1. The molecule has 1 aliphatic rings. The Balaban J connectivity index is 1.61. The summed E-state index contributed by atoms with van der Waals surface area (Å²) in [5.41, 5.74) is 3.64. The van der Waals surface area contributed by atoms with Crippen LogP contribution in [0.3, 0.4) is 0 Å². The molecule has 1 aromatic heterocycles. The average Bonchev–Trinajstić information content (AvgIpc) is 2.97. The molecule has 1 heterocycles. The summed E-state index contributed by atoms with van der Waals surface area (Å²) in [7, 11) is 1.76. The van der Waals surface area contributed by atoms with Crippen LogP contribution in [0.1, 0.15) is 17.0 Å². The summed E-state index contributed by atoms with van der Waals surface area (Å²) in [6, 6.07) is 13.2. The Hall–Kier alpha value is -2.73. The third-order valence-corrected chi connectivity index (χ3v) is 4.50. The summed E-state index contributed by atoms with van der Waals surface area (Å²) in [5.74, 6) is 0.375. The number of aromatic nitrogens is 4. The Kier molecular flexibility index (Phi) is 3.54. The average molecular weight is 340 g/mol. The third kappa shape index (κ3) is 2.45. The molecule has 0 spiro atoms. The Morgan fingerprint density at radius 2 is 2.12 bits per heavy atom. The summed E-state index contributed by atoms with van der Waals surface area (Å²) in [6.07, 6.45) is 0.728. The van der Waals surface area contributed by atoms with Crippen molar-refractivity contribution in [3.05, 3.63) is 58.6 Å². The minimum absolute atomic E-state index is 0.0488. The molecule has 3 aromatic rings. The largest absolute Gasteiger partial charge is 0.325 e. The molecule has 0 saturated carbocycles. The summed E-state index contributed by atoms with van der Waals surface area (Å²) in [6.45, 7) is 0. The van der Waals surface area contributed by atoms with Gasteiger partial charge in [0.05, 0.1) is 11.6 Å². The number of rotatable bonds is 3. The second kappa shape index (κ2) is 5.72. The van der Waals surface area contributed by atoms with Gasteiger partial charge in [-0.2, -0.15) is 0 Å². The molecule has 7 heteroatoms. The number of tetrazole rings is 1. The molecule has 0 saturated heterocycles. The van der Waals surface area contributed by atoms with Crippen molar-refractivity contribution < 1.29 is 4.79 Å². The SMILES string of the molecule is Cn1nnnc1-c1ccccc1NC(=O)C1Cc2ccc(Cl)cc21. The maximum atomic E-state index is 12.7. The number of anilines is 1. The molecular weight excluding hydrogens is 326 g/mol. The van der Waals surface area contributed by atoms with Crippen LogP contribution >= 0.6 is 11.6 Å². The van der Waals surface area contributed by atoms with Crippen molar-refractivity contribution in [3.8, 4) is 11.4 Å². The summed E-state index contributed by atoms with van der Waals surface area (Å²) < 4.78 is 1.57. The van der Waals surface area contributed by atoms with Gasteiger partial charge in [0.1, 0.15) is 0 Å². The highest BCUT2D eigenvalue weighted by Crippen LogP contribution is 2.38. The van der Waals surface area contributed by atoms with Crippen LogP contribution in [-0.2, 0) is 18.3 Å². The second-order valence-corrected chi connectivity index (χ2v) is 6.20. The van der Waals surface area contributed by atoms with Gasteiger partial charge in [-0.1, -0.05) is 29.8 Å². The maximum Gasteiger partial charge on any atom is 0.232 e. The Morgan fingerprint density at radius 1 is 1.29 bits per heavy atom. The molecule has 0 fully saturated rings. The molecule has 4 rings (SSSR count). The number of carbonyl (C=O) groups is 1. The van der Waals surface area contributed by atoms with E-state index in [1.807, 2.05) is 42.5 Å². The predicted molar refractivity (Wildman–Crippen MR) is 90.8 cm³/mol. The predicted octanol–water partition coefficient (Wildman–Crippen LogP) is 2.81. The fourth-order valence-electron chi connectivity index (χ4n) is 2.97. The lowest BCUT2D eigenvalue weighted by atomic mass is 9.77. The number of fused-ring (bicyclic) bond motifs is 1. The maximum absolute atomic E-state index is 12.7. The van der Waals surface area contributed by atoms with Gasteiger partial charge >= 0.3 is 0 Å². The number of aryl methyl sites for hydroxylation is 1. The molecule has 0 radical (unpaired) electrons. The van der Waals surface area contributed by atoms with Gasteiger partial charge in [-0.25, -0.2) is 4.68 Å². The smallest absolute Gasteiger partial charge is 0.232 e. The van der Waals surface area contributed by atoms with E-state index in [9.17, 15) is 4.79 Å². The van der Waals surface area contributed by atoms with Crippen molar-refractivity contribution >= 4 is 23.2 Å². The molecule has 6 nitrogen and oxygen atoms in total. The minimum atomic E-state index is -0.177. The van der Waals surface area contributed by atoms with Gasteiger partial charge in [0, 0.05) is 17.6 Å². The molecule has 1 unspecified atom stereocenters. The van der Waals surface area contributed by atoms with E-state index < -0.39 is 0 Å². The van der Waals surface area contributed by atoms with Crippen molar-refractivity contribution in [2.24, 2.45) is 7.05 Å². The van der Waals surface area contributed by atoms with Crippen molar-refractivity contribution in [1.29, 1.82) is 0 Å². The zero-order valence-electron chi connectivity index (χ0n) is 12.9. The molecule has 1 atom stereocenters. The molecule has 1 N–H and O–H groups in total. The molecular formula is C17H14ClN5O. The Bertz CT molecular complexity index is 936. The fraction of sp³-hybridized carbons (Fsp3) is 0.176. The van der Waals surface area contributed by atoms with Crippen LogP contribution in [0.5, 0.6) is 0 Å². The van der Waals surface area contributed by atoms with Crippen LogP contribution in [0.15, 0.2) is 42.5 Å². The first-order valence-electron chi connectivity index (χ1n) is 7.54. The van der Waals surface area contributed by atoms with Crippen molar-refractivity contribution in [2.75, 3.05) is 5.32 Å². The standard InChI is InChI=1S/C17H14ClN5O/c1-23-16(20-21-22-23)12-4-2-3-5-15(12)19-17(24)14-8-10-6-7-11(18)9-13(10)14/h2-7,9,14H,8H2,1H3,(H,19,24). The van der Waals surface area contributed by atoms with E-state index in [1.54, 1.807) is 11.7 Å². The van der Waals surface area contributed by atoms with Crippen LogP contribution in [0, 0.1) is 0 Å². The zero-order valence-corrected chi connectivity index (χ0v) is 13.7. The molecule has 1 amide bonds. The van der Waals surface area contributed by atoms with Crippen LogP contribution in [0.4, 0.5) is 5.69 Å². The number of hydrogen-bond acceptors (Lipinski definition) is 4. The van der Waals surface area contributed by atoms with E-state index in [0.717, 1.165) is 17.5 Å². The lowest BCUT2D eigenvalue weighted by Crippen LogP contribution is -2.30. The van der Waals surface area contributed by atoms with Crippen molar-refractivity contribution in [1.82, 2.24) is 20.2 Å². The van der Waals surface area contributed by atoms with Crippen LogP contribution < -0.4 is 5.32 Å². The second-order valence-electron chi connectivity index (χ2n) is 5.76. The third-order valence-electron chi connectivity index (χ3n) is 4.27. The van der Waals surface area contributed by atoms with Gasteiger partial charge in [-0.3, -0.25) is 4.79 Å². The highest BCUT2D eigenvalue weighted by atomic mass is 35.5. The van der Waals surface area contributed by atoms with E-state index in [4.69, 9.17) is 11.6 Å². The quantitative estimate of drug-likeness (QED) is 0.796. The lowest BCUT2D eigenvalue weighted by molar-refractivity contribution is -0.118. The molecule has 24 heavy (non-hydrogen) atoms. The first kappa shape index (κ1) is 14.8. The highest BCUT2D eigenvalue weighted by Gasteiger charge is 2.32. The van der Waals surface area contributed by atoms with Gasteiger partial charge in [0.25, 0.3) is 0 Å². The number of nitrogens with zero attached hydrogens (tertiary/aromatic N) is 4. The van der Waals surface area contributed by atoms with Crippen LogP contribution in [0.25, 0.3) is 11.4 Å². The van der Waals surface area contributed by atoms with Gasteiger partial charge < -0.3 is 5.32 Å². The number of carbonyl (C=O) groups excluding carboxylic acids is 1. The molecule has 2 aromatic carbocycles. The van der Waals surface area contributed by atoms with Crippen molar-refractivity contribution in [3.63, 3.8) is 0 Å². The Morgan fingerprint density at radius 3 is 2.92 bits per heavy atom. The van der Waals surface area contributed by atoms with Crippen molar-refractivity contribution in [2.45, 2.75) is 12.3 Å². The van der Waals surface area contributed by atoms with Crippen LogP contribution in [-0.4, -0.2) is 26.1 Å².